The average molecular weight is 601 g/mol. The van der Waals surface area contributed by atoms with Gasteiger partial charge in [0.15, 0.2) is 5.82 Å². The number of benzene rings is 7. The van der Waals surface area contributed by atoms with Crippen molar-refractivity contribution < 1.29 is 0 Å². The first kappa shape index (κ1) is 27.5. The molecular weight excluding hydrogens is 569 g/mol. The van der Waals surface area contributed by atoms with Gasteiger partial charge >= 0.3 is 0 Å². The van der Waals surface area contributed by atoms with Crippen LogP contribution in [0.15, 0.2) is 158 Å². The molecule has 0 aliphatic heterocycles. The minimum atomic E-state index is -0.125. The second kappa shape index (κ2) is 10.6. The Bertz CT molecular complexity index is 2470. The molecule has 0 unspecified atom stereocenters. The molecule has 7 aromatic carbocycles. The Morgan fingerprint density at radius 1 is 0.404 bits per heavy atom. The second-order valence-electron chi connectivity index (χ2n) is 13.0. The lowest BCUT2D eigenvalue weighted by Crippen LogP contribution is -2.14. The smallest absolute Gasteiger partial charge is 0.160 e. The summed E-state index contributed by atoms with van der Waals surface area (Å²) < 4.78 is 0. The molecule has 1 heterocycles. The lowest BCUT2D eigenvalue weighted by atomic mass is 9.81. The Balaban J connectivity index is 1.22. The van der Waals surface area contributed by atoms with Crippen molar-refractivity contribution in [2.45, 2.75) is 19.3 Å². The standard InChI is InChI=1S/C45H32N2/c1-45(2)39-21-11-20-37(43(39)38-26-33-15-6-7-16-34(33)27-40(38)45)42-28-41(46-44(47-42)32-13-4-3-5-14-32)31-24-22-30(23-25-31)36-19-10-17-29-12-8-9-18-35(29)36/h3-28H,1-2H3. The molecule has 0 N–H and O–H groups in total. The Hall–Kier alpha value is -5.86. The molecular formula is C45H32N2. The molecule has 47 heavy (non-hydrogen) atoms. The lowest BCUT2D eigenvalue weighted by molar-refractivity contribution is 0.661. The number of rotatable bonds is 4. The fourth-order valence-electron chi connectivity index (χ4n) is 7.43. The highest BCUT2D eigenvalue weighted by molar-refractivity contribution is 5.99. The Kier molecular flexibility index (Phi) is 6.20. The van der Waals surface area contributed by atoms with E-state index in [1.165, 1.54) is 54.9 Å². The van der Waals surface area contributed by atoms with Crippen LogP contribution < -0.4 is 0 Å². The summed E-state index contributed by atoms with van der Waals surface area (Å²) in [5.74, 6) is 0.727. The van der Waals surface area contributed by atoms with Gasteiger partial charge in [-0.15, -0.1) is 0 Å². The molecule has 1 aromatic heterocycles. The molecule has 0 amide bonds. The molecule has 8 aromatic rings. The number of fused-ring (bicyclic) bond motifs is 5. The Labute approximate surface area is 275 Å². The zero-order valence-corrected chi connectivity index (χ0v) is 26.4. The molecule has 1 aliphatic rings. The molecule has 0 bridgehead atoms. The van der Waals surface area contributed by atoms with Gasteiger partial charge in [0.05, 0.1) is 11.4 Å². The molecule has 0 fully saturated rings. The van der Waals surface area contributed by atoms with Crippen LogP contribution in [0.5, 0.6) is 0 Å². The van der Waals surface area contributed by atoms with E-state index in [2.05, 4.69) is 153 Å². The average Bonchev–Trinajstić information content (AvgIpc) is 3.36. The fraction of sp³-hybridized carbons (Fsp3) is 0.0667. The first-order valence-electron chi connectivity index (χ1n) is 16.3. The van der Waals surface area contributed by atoms with Crippen LogP contribution >= 0.6 is 0 Å². The topological polar surface area (TPSA) is 25.8 Å². The van der Waals surface area contributed by atoms with Crippen molar-refractivity contribution in [2.75, 3.05) is 0 Å². The molecule has 222 valence electrons. The van der Waals surface area contributed by atoms with E-state index in [-0.39, 0.29) is 5.41 Å². The van der Waals surface area contributed by atoms with Gasteiger partial charge in [-0.2, -0.15) is 0 Å². The quantitative estimate of drug-likeness (QED) is 0.201. The zero-order chi connectivity index (χ0) is 31.5. The maximum Gasteiger partial charge on any atom is 0.160 e. The summed E-state index contributed by atoms with van der Waals surface area (Å²) in [5, 5.41) is 5.03. The minimum Gasteiger partial charge on any atom is -0.228 e. The van der Waals surface area contributed by atoms with E-state index >= 15 is 0 Å². The van der Waals surface area contributed by atoms with Crippen LogP contribution in [0.4, 0.5) is 0 Å². The summed E-state index contributed by atoms with van der Waals surface area (Å²) in [7, 11) is 0. The van der Waals surface area contributed by atoms with E-state index in [0.29, 0.717) is 0 Å². The van der Waals surface area contributed by atoms with E-state index in [1.807, 2.05) is 18.2 Å². The van der Waals surface area contributed by atoms with Gasteiger partial charge in [-0.05, 0) is 73.1 Å². The van der Waals surface area contributed by atoms with Crippen molar-refractivity contribution in [2.24, 2.45) is 0 Å². The predicted octanol–water partition coefficient (Wildman–Crippen LogP) is 11.8. The van der Waals surface area contributed by atoms with Crippen LogP contribution in [0.25, 0.3) is 77.7 Å². The van der Waals surface area contributed by atoms with Gasteiger partial charge in [0.1, 0.15) is 0 Å². The summed E-state index contributed by atoms with van der Waals surface area (Å²) in [4.78, 5) is 10.4. The molecule has 0 atom stereocenters. The van der Waals surface area contributed by atoms with Crippen molar-refractivity contribution in [1.29, 1.82) is 0 Å². The van der Waals surface area contributed by atoms with Crippen LogP contribution in [0.1, 0.15) is 25.0 Å². The predicted molar refractivity (Wildman–Crippen MR) is 196 cm³/mol. The number of hydrogen-bond acceptors (Lipinski definition) is 2. The van der Waals surface area contributed by atoms with Gasteiger partial charge in [0.25, 0.3) is 0 Å². The molecule has 2 nitrogen and oxygen atoms in total. The van der Waals surface area contributed by atoms with E-state index < -0.39 is 0 Å². The first-order chi connectivity index (χ1) is 23.0. The maximum absolute atomic E-state index is 5.25. The largest absolute Gasteiger partial charge is 0.228 e. The maximum atomic E-state index is 5.25. The van der Waals surface area contributed by atoms with Gasteiger partial charge in [-0.1, -0.05) is 153 Å². The number of nitrogens with zero attached hydrogens (tertiary/aromatic N) is 2. The lowest BCUT2D eigenvalue weighted by Gasteiger charge is -2.22. The van der Waals surface area contributed by atoms with Crippen molar-refractivity contribution in [3.63, 3.8) is 0 Å². The van der Waals surface area contributed by atoms with Crippen molar-refractivity contribution in [3.8, 4) is 56.2 Å². The third-order valence-corrected chi connectivity index (χ3v) is 9.88. The summed E-state index contributed by atoms with van der Waals surface area (Å²) in [6.45, 7) is 4.68. The molecule has 2 heteroatoms. The number of aromatic nitrogens is 2. The zero-order valence-electron chi connectivity index (χ0n) is 26.4. The Morgan fingerprint density at radius 2 is 1.02 bits per heavy atom. The summed E-state index contributed by atoms with van der Waals surface area (Å²) in [6, 6.07) is 56.5. The monoisotopic (exact) mass is 600 g/mol. The third kappa shape index (κ3) is 4.48. The molecule has 9 rings (SSSR count). The van der Waals surface area contributed by atoms with Crippen LogP contribution in [0.3, 0.4) is 0 Å². The van der Waals surface area contributed by atoms with Crippen molar-refractivity contribution in [1.82, 2.24) is 9.97 Å². The first-order valence-corrected chi connectivity index (χ1v) is 16.3. The van der Waals surface area contributed by atoms with Crippen LogP contribution in [-0.2, 0) is 5.41 Å². The van der Waals surface area contributed by atoms with Gasteiger partial charge < -0.3 is 0 Å². The summed E-state index contributed by atoms with van der Waals surface area (Å²) in [5.41, 5.74) is 12.6. The fourth-order valence-corrected chi connectivity index (χ4v) is 7.43. The Morgan fingerprint density at radius 3 is 1.83 bits per heavy atom. The summed E-state index contributed by atoms with van der Waals surface area (Å²) >= 11 is 0. The van der Waals surface area contributed by atoms with E-state index in [9.17, 15) is 0 Å². The third-order valence-electron chi connectivity index (χ3n) is 9.88. The van der Waals surface area contributed by atoms with Gasteiger partial charge in [0, 0.05) is 22.1 Å². The SMILES string of the molecule is CC1(C)c2cc3ccccc3cc2-c2c(-c3cc(-c4ccc(-c5cccc6ccccc56)cc4)nc(-c4ccccc4)n3)cccc21. The molecule has 1 aliphatic carbocycles. The van der Waals surface area contributed by atoms with Crippen LogP contribution in [0.2, 0.25) is 0 Å². The van der Waals surface area contributed by atoms with E-state index in [0.717, 1.165) is 33.9 Å². The van der Waals surface area contributed by atoms with Gasteiger partial charge in [-0.25, -0.2) is 9.97 Å². The normalized spacial score (nSPS) is 13.1. The van der Waals surface area contributed by atoms with Crippen molar-refractivity contribution >= 4 is 21.5 Å². The highest BCUT2D eigenvalue weighted by Gasteiger charge is 2.37. The van der Waals surface area contributed by atoms with Gasteiger partial charge in [-0.3, -0.25) is 0 Å². The van der Waals surface area contributed by atoms with Crippen molar-refractivity contribution in [3.05, 3.63) is 169 Å². The molecule has 0 spiro atoms. The minimum absolute atomic E-state index is 0.125. The highest BCUT2D eigenvalue weighted by Crippen LogP contribution is 2.53. The highest BCUT2D eigenvalue weighted by atomic mass is 14.9. The van der Waals surface area contributed by atoms with Gasteiger partial charge in [0.2, 0.25) is 0 Å². The second-order valence-corrected chi connectivity index (χ2v) is 13.0. The molecule has 0 saturated heterocycles. The van der Waals surface area contributed by atoms with E-state index in [4.69, 9.17) is 9.97 Å². The molecule has 0 saturated carbocycles. The van der Waals surface area contributed by atoms with E-state index in [1.54, 1.807) is 0 Å². The molecule has 0 radical (unpaired) electrons. The van der Waals surface area contributed by atoms with Crippen LogP contribution in [0, 0.1) is 0 Å². The number of hydrogen-bond donors (Lipinski definition) is 0. The van der Waals surface area contributed by atoms with Crippen LogP contribution in [-0.4, -0.2) is 9.97 Å². The summed E-state index contributed by atoms with van der Waals surface area (Å²) in [6.07, 6.45) is 0.